The Bertz CT molecular complexity index is 449. The van der Waals surface area contributed by atoms with Crippen LogP contribution in [0, 0.1) is 0 Å². The van der Waals surface area contributed by atoms with E-state index in [2.05, 4.69) is 40.7 Å². The van der Waals surface area contributed by atoms with Gasteiger partial charge in [-0.3, -0.25) is 4.99 Å². The molecule has 3 heteroatoms. The van der Waals surface area contributed by atoms with Gasteiger partial charge in [0.15, 0.2) is 0 Å². The van der Waals surface area contributed by atoms with E-state index in [1.54, 1.807) is 0 Å². The predicted octanol–water partition coefficient (Wildman–Crippen LogP) is 2.90. The molecule has 0 aromatic heterocycles. The molecule has 0 saturated heterocycles. The van der Waals surface area contributed by atoms with Crippen LogP contribution in [0.15, 0.2) is 45.9 Å². The molecule has 1 aromatic carbocycles. The van der Waals surface area contributed by atoms with Crippen LogP contribution in [0.2, 0.25) is 0 Å². The SMILES string of the molecule is CNCCc1ccccc1SCC1=CC(C)=N1. The molecule has 0 fully saturated rings. The molecular formula is C14H18N2S. The van der Waals surface area contributed by atoms with Crippen molar-refractivity contribution in [2.45, 2.75) is 18.2 Å². The lowest BCUT2D eigenvalue weighted by Crippen LogP contribution is -2.10. The maximum Gasteiger partial charge on any atom is 0.0527 e. The molecule has 0 saturated carbocycles. The Labute approximate surface area is 107 Å². The zero-order valence-electron chi connectivity index (χ0n) is 10.4. The first kappa shape index (κ1) is 12.4. The van der Waals surface area contributed by atoms with Gasteiger partial charge in [-0.15, -0.1) is 11.8 Å². The van der Waals surface area contributed by atoms with Gasteiger partial charge in [0.25, 0.3) is 0 Å². The number of hydrogen-bond acceptors (Lipinski definition) is 3. The first-order chi connectivity index (χ1) is 8.29. The summed E-state index contributed by atoms with van der Waals surface area (Å²) >= 11 is 1.88. The summed E-state index contributed by atoms with van der Waals surface area (Å²) in [6.07, 6.45) is 3.24. The van der Waals surface area contributed by atoms with E-state index in [-0.39, 0.29) is 0 Å². The summed E-state index contributed by atoms with van der Waals surface area (Å²) in [5, 5.41) is 3.19. The van der Waals surface area contributed by atoms with Crippen LogP contribution in [-0.2, 0) is 6.42 Å². The van der Waals surface area contributed by atoms with Crippen LogP contribution in [0.1, 0.15) is 12.5 Å². The summed E-state index contributed by atoms with van der Waals surface area (Å²) in [6, 6.07) is 8.63. The van der Waals surface area contributed by atoms with Gasteiger partial charge in [-0.1, -0.05) is 18.2 Å². The lowest BCUT2D eigenvalue weighted by atomic mass is 10.1. The van der Waals surface area contributed by atoms with Gasteiger partial charge in [-0.25, -0.2) is 0 Å². The quantitative estimate of drug-likeness (QED) is 0.781. The topological polar surface area (TPSA) is 24.4 Å². The van der Waals surface area contributed by atoms with E-state index in [0.29, 0.717) is 0 Å². The average molecular weight is 246 g/mol. The number of hydrogen-bond donors (Lipinski definition) is 1. The Morgan fingerprint density at radius 3 is 2.76 bits per heavy atom. The number of rotatable bonds is 6. The van der Waals surface area contributed by atoms with Crippen molar-refractivity contribution in [2.75, 3.05) is 19.3 Å². The van der Waals surface area contributed by atoms with Gasteiger partial charge in [-0.2, -0.15) is 0 Å². The smallest absolute Gasteiger partial charge is 0.0527 e. The fraction of sp³-hybridized carbons (Fsp3) is 0.357. The third-order valence-electron chi connectivity index (χ3n) is 2.69. The molecule has 0 aliphatic carbocycles. The summed E-state index contributed by atoms with van der Waals surface area (Å²) in [4.78, 5) is 5.75. The van der Waals surface area contributed by atoms with E-state index in [1.807, 2.05) is 25.7 Å². The first-order valence-corrected chi connectivity index (χ1v) is 6.89. The normalized spacial score (nSPS) is 14.0. The van der Waals surface area contributed by atoms with E-state index in [1.165, 1.54) is 16.2 Å². The number of benzene rings is 1. The second-order valence-electron chi connectivity index (χ2n) is 4.14. The molecule has 1 aliphatic heterocycles. The highest BCUT2D eigenvalue weighted by Crippen LogP contribution is 2.26. The lowest BCUT2D eigenvalue weighted by molar-refractivity contribution is 0.783. The fourth-order valence-corrected chi connectivity index (χ4v) is 2.78. The van der Waals surface area contributed by atoms with Crippen molar-refractivity contribution in [1.29, 1.82) is 0 Å². The van der Waals surface area contributed by atoms with E-state index in [0.717, 1.165) is 24.4 Å². The molecule has 90 valence electrons. The Morgan fingerprint density at radius 1 is 1.29 bits per heavy atom. The first-order valence-electron chi connectivity index (χ1n) is 5.91. The summed E-state index contributed by atoms with van der Waals surface area (Å²) in [5.74, 6) is 0.980. The Morgan fingerprint density at radius 2 is 2.06 bits per heavy atom. The summed E-state index contributed by atoms with van der Waals surface area (Å²) < 4.78 is 0. The van der Waals surface area contributed by atoms with Crippen molar-refractivity contribution in [3.63, 3.8) is 0 Å². The Kier molecular flexibility index (Phi) is 4.40. The van der Waals surface area contributed by atoms with E-state index in [9.17, 15) is 0 Å². The second kappa shape index (κ2) is 6.03. The van der Waals surface area contributed by atoms with Gasteiger partial charge in [0.05, 0.1) is 5.70 Å². The highest BCUT2D eigenvalue weighted by molar-refractivity contribution is 7.99. The summed E-state index contributed by atoms with van der Waals surface area (Å²) in [5.41, 5.74) is 3.77. The number of nitrogens with one attached hydrogen (secondary N) is 1. The van der Waals surface area contributed by atoms with Crippen LogP contribution in [0.25, 0.3) is 0 Å². The van der Waals surface area contributed by atoms with E-state index >= 15 is 0 Å². The summed E-state index contributed by atoms with van der Waals surface area (Å²) in [6.45, 7) is 3.06. The van der Waals surface area contributed by atoms with Crippen molar-refractivity contribution in [3.05, 3.63) is 41.6 Å². The zero-order valence-corrected chi connectivity index (χ0v) is 11.2. The molecule has 0 spiro atoms. The third-order valence-corrected chi connectivity index (χ3v) is 3.84. The minimum atomic E-state index is 0.980. The van der Waals surface area contributed by atoms with Crippen LogP contribution < -0.4 is 5.32 Å². The fourth-order valence-electron chi connectivity index (χ4n) is 1.80. The molecule has 0 bridgehead atoms. The maximum absolute atomic E-state index is 4.37. The number of likely N-dealkylation sites (N-methyl/N-ethyl adjacent to an activating group) is 1. The van der Waals surface area contributed by atoms with Gasteiger partial charge in [0.2, 0.25) is 0 Å². The molecule has 0 amide bonds. The molecule has 0 unspecified atom stereocenters. The number of allylic oxidation sites excluding steroid dienone is 1. The molecule has 0 radical (unpaired) electrons. The zero-order chi connectivity index (χ0) is 12.1. The van der Waals surface area contributed by atoms with Gasteiger partial charge >= 0.3 is 0 Å². The van der Waals surface area contributed by atoms with Crippen molar-refractivity contribution < 1.29 is 0 Å². The monoisotopic (exact) mass is 246 g/mol. The average Bonchev–Trinajstić information content (AvgIpc) is 2.31. The Balaban J connectivity index is 1.92. The molecule has 1 heterocycles. The molecule has 1 aromatic rings. The minimum Gasteiger partial charge on any atom is -0.319 e. The van der Waals surface area contributed by atoms with Gasteiger partial charge < -0.3 is 5.32 Å². The largest absolute Gasteiger partial charge is 0.319 e. The van der Waals surface area contributed by atoms with Crippen LogP contribution in [0.4, 0.5) is 0 Å². The highest BCUT2D eigenvalue weighted by atomic mass is 32.2. The molecule has 17 heavy (non-hydrogen) atoms. The van der Waals surface area contributed by atoms with Crippen molar-refractivity contribution in [1.82, 2.24) is 5.32 Å². The second-order valence-corrected chi connectivity index (χ2v) is 5.16. The molecule has 2 nitrogen and oxygen atoms in total. The number of thioether (sulfide) groups is 1. The standard InChI is InChI=1S/C14H18N2S/c1-11-9-13(16-11)10-17-14-6-4-3-5-12(14)7-8-15-2/h3-6,9,15H,7-8,10H2,1-2H3. The predicted molar refractivity (Wildman–Crippen MR) is 76.0 cm³/mol. The third kappa shape index (κ3) is 3.45. The summed E-state index contributed by atoms with van der Waals surface area (Å²) in [7, 11) is 1.99. The van der Waals surface area contributed by atoms with Crippen molar-refractivity contribution in [2.24, 2.45) is 4.99 Å². The minimum absolute atomic E-state index is 0.980. The van der Waals surface area contributed by atoms with E-state index in [4.69, 9.17) is 0 Å². The van der Waals surface area contributed by atoms with Gasteiger partial charge in [0, 0.05) is 16.4 Å². The molecule has 1 N–H and O–H groups in total. The molecular weight excluding hydrogens is 228 g/mol. The molecule has 1 aliphatic rings. The number of aliphatic imine (C=N–C) groups is 1. The van der Waals surface area contributed by atoms with Crippen LogP contribution in [0.5, 0.6) is 0 Å². The molecule has 0 atom stereocenters. The maximum atomic E-state index is 4.37. The van der Waals surface area contributed by atoms with E-state index < -0.39 is 0 Å². The van der Waals surface area contributed by atoms with Gasteiger partial charge in [0.1, 0.15) is 0 Å². The van der Waals surface area contributed by atoms with Crippen molar-refractivity contribution >= 4 is 17.5 Å². The van der Waals surface area contributed by atoms with Crippen LogP contribution in [0.3, 0.4) is 0 Å². The Hall–Kier alpha value is -1.06. The van der Waals surface area contributed by atoms with Gasteiger partial charge in [-0.05, 0) is 44.6 Å². The van der Waals surface area contributed by atoms with Crippen LogP contribution >= 0.6 is 11.8 Å². The van der Waals surface area contributed by atoms with Crippen LogP contribution in [-0.4, -0.2) is 25.1 Å². The number of nitrogens with zero attached hydrogens (tertiary/aromatic N) is 1. The molecule has 2 rings (SSSR count). The highest BCUT2D eigenvalue weighted by Gasteiger charge is 2.08. The van der Waals surface area contributed by atoms with Crippen molar-refractivity contribution in [3.8, 4) is 0 Å². The lowest BCUT2D eigenvalue weighted by Gasteiger charge is -2.12.